The zero-order valence-electron chi connectivity index (χ0n) is 16.2. The molecule has 0 bridgehead atoms. The highest BCUT2D eigenvalue weighted by molar-refractivity contribution is 6.31. The lowest BCUT2D eigenvalue weighted by Gasteiger charge is -2.26. The van der Waals surface area contributed by atoms with Crippen LogP contribution in [0.1, 0.15) is 33.2 Å². The Labute approximate surface area is 188 Å². The van der Waals surface area contributed by atoms with Crippen molar-refractivity contribution in [3.8, 4) is 17.0 Å². The lowest BCUT2D eigenvalue weighted by Crippen LogP contribution is -2.29. The molecule has 0 spiro atoms. The molecule has 154 valence electrons. The number of aromatic nitrogens is 2. The summed E-state index contributed by atoms with van der Waals surface area (Å²) in [5.74, 6) is -0.110. The minimum Gasteiger partial charge on any atom is -0.507 e. The molecule has 2 heterocycles. The van der Waals surface area contributed by atoms with Crippen molar-refractivity contribution in [1.29, 1.82) is 0 Å². The number of halogens is 2. The Hall–Kier alpha value is -3.28. The molecule has 4 aromatic rings. The van der Waals surface area contributed by atoms with Crippen LogP contribution in [0, 0.1) is 0 Å². The normalized spacial score (nSPS) is 15.4. The van der Waals surface area contributed by atoms with Crippen molar-refractivity contribution in [2.45, 2.75) is 12.6 Å². The van der Waals surface area contributed by atoms with Crippen LogP contribution in [-0.4, -0.2) is 26.1 Å². The number of nitrogens with zero attached hydrogens (tertiary/aromatic N) is 2. The summed E-state index contributed by atoms with van der Waals surface area (Å²) >= 11 is 12.3. The SMILES string of the molecule is O=C1c2[nH]nc(-c3cc(Cl)ccc3O)c2C(c2ccc(Cl)cc2)N1Cc1ccccc1. The van der Waals surface area contributed by atoms with E-state index in [4.69, 9.17) is 23.2 Å². The number of rotatable bonds is 4. The minimum atomic E-state index is -0.396. The predicted octanol–water partition coefficient (Wildman–Crippen LogP) is 5.83. The van der Waals surface area contributed by atoms with Gasteiger partial charge in [-0.3, -0.25) is 9.89 Å². The van der Waals surface area contributed by atoms with Gasteiger partial charge in [-0.1, -0.05) is 65.7 Å². The van der Waals surface area contributed by atoms with Gasteiger partial charge >= 0.3 is 0 Å². The third-order valence-electron chi connectivity index (χ3n) is 5.46. The van der Waals surface area contributed by atoms with Crippen LogP contribution in [0.3, 0.4) is 0 Å². The second-order valence-electron chi connectivity index (χ2n) is 7.40. The van der Waals surface area contributed by atoms with E-state index in [-0.39, 0.29) is 11.7 Å². The molecule has 7 heteroatoms. The number of phenols is 1. The lowest BCUT2D eigenvalue weighted by molar-refractivity contribution is 0.0730. The molecule has 1 unspecified atom stereocenters. The zero-order chi connectivity index (χ0) is 21.5. The zero-order valence-corrected chi connectivity index (χ0v) is 17.7. The summed E-state index contributed by atoms with van der Waals surface area (Å²) in [5.41, 5.74) is 4.00. The van der Waals surface area contributed by atoms with E-state index in [1.807, 2.05) is 42.5 Å². The fraction of sp³-hybridized carbons (Fsp3) is 0.0833. The monoisotopic (exact) mass is 449 g/mol. The third kappa shape index (κ3) is 3.46. The molecule has 1 aliphatic rings. The molecule has 1 aliphatic heterocycles. The Bertz CT molecular complexity index is 1270. The summed E-state index contributed by atoms with van der Waals surface area (Å²) in [4.78, 5) is 15.2. The Morgan fingerprint density at radius 1 is 0.968 bits per heavy atom. The number of hydrogen-bond donors (Lipinski definition) is 2. The van der Waals surface area contributed by atoms with Crippen LogP contribution < -0.4 is 0 Å². The number of aromatic amines is 1. The molecule has 5 nitrogen and oxygen atoms in total. The first-order valence-electron chi connectivity index (χ1n) is 9.70. The average molecular weight is 450 g/mol. The van der Waals surface area contributed by atoms with Crippen molar-refractivity contribution in [2.75, 3.05) is 0 Å². The van der Waals surface area contributed by atoms with E-state index in [9.17, 15) is 9.90 Å². The summed E-state index contributed by atoms with van der Waals surface area (Å²) in [6, 6.07) is 21.6. The number of H-pyrrole nitrogens is 1. The number of benzene rings is 3. The Morgan fingerprint density at radius 2 is 1.68 bits per heavy atom. The number of phenolic OH excluding ortho intramolecular Hbond substituents is 1. The van der Waals surface area contributed by atoms with Gasteiger partial charge < -0.3 is 10.0 Å². The van der Waals surface area contributed by atoms with Crippen LogP contribution in [-0.2, 0) is 6.54 Å². The van der Waals surface area contributed by atoms with Crippen molar-refractivity contribution in [2.24, 2.45) is 0 Å². The van der Waals surface area contributed by atoms with E-state index >= 15 is 0 Å². The summed E-state index contributed by atoms with van der Waals surface area (Å²) in [7, 11) is 0. The first-order chi connectivity index (χ1) is 15.0. The fourth-order valence-corrected chi connectivity index (χ4v) is 4.33. The van der Waals surface area contributed by atoms with Crippen LogP contribution >= 0.6 is 23.2 Å². The minimum absolute atomic E-state index is 0.0440. The van der Waals surface area contributed by atoms with Crippen molar-refractivity contribution >= 4 is 29.1 Å². The van der Waals surface area contributed by atoms with Gasteiger partial charge in [-0.05, 0) is 41.5 Å². The molecule has 0 saturated carbocycles. The Kier molecular flexibility index (Phi) is 4.93. The molecule has 0 saturated heterocycles. The average Bonchev–Trinajstić information content (AvgIpc) is 3.31. The second-order valence-corrected chi connectivity index (χ2v) is 8.27. The van der Waals surface area contributed by atoms with Crippen molar-refractivity contribution in [3.05, 3.63) is 105 Å². The first kappa shape index (κ1) is 19.7. The quantitative estimate of drug-likeness (QED) is 0.411. The molecule has 0 radical (unpaired) electrons. The number of amides is 1. The number of carbonyl (C=O) groups excluding carboxylic acids is 1. The lowest BCUT2D eigenvalue weighted by atomic mass is 9.95. The van der Waals surface area contributed by atoms with Crippen molar-refractivity contribution in [3.63, 3.8) is 0 Å². The number of aromatic hydroxyl groups is 1. The van der Waals surface area contributed by atoms with Gasteiger partial charge in [0.2, 0.25) is 0 Å². The second kappa shape index (κ2) is 7.76. The van der Waals surface area contributed by atoms with Crippen LogP contribution in [0.4, 0.5) is 0 Å². The molecular weight excluding hydrogens is 433 g/mol. The van der Waals surface area contributed by atoms with Crippen LogP contribution in [0.2, 0.25) is 10.0 Å². The molecule has 2 N–H and O–H groups in total. The van der Waals surface area contributed by atoms with Gasteiger partial charge in [-0.25, -0.2) is 0 Å². The van der Waals surface area contributed by atoms with E-state index in [1.165, 1.54) is 6.07 Å². The van der Waals surface area contributed by atoms with Gasteiger partial charge in [-0.15, -0.1) is 0 Å². The molecule has 1 atom stereocenters. The molecular formula is C24H17Cl2N3O2. The van der Waals surface area contributed by atoms with E-state index < -0.39 is 6.04 Å². The third-order valence-corrected chi connectivity index (χ3v) is 5.95. The topological polar surface area (TPSA) is 69.2 Å². The van der Waals surface area contributed by atoms with Gasteiger partial charge in [0.25, 0.3) is 5.91 Å². The highest BCUT2D eigenvalue weighted by Crippen LogP contribution is 2.45. The van der Waals surface area contributed by atoms with Crippen molar-refractivity contribution < 1.29 is 9.90 Å². The maximum atomic E-state index is 13.4. The summed E-state index contributed by atoms with van der Waals surface area (Å²) in [5, 5.41) is 18.8. The summed E-state index contributed by atoms with van der Waals surface area (Å²) < 4.78 is 0. The van der Waals surface area contributed by atoms with Gasteiger partial charge in [0.15, 0.2) is 0 Å². The smallest absolute Gasteiger partial charge is 0.273 e. The van der Waals surface area contributed by atoms with Crippen LogP contribution in [0.15, 0.2) is 72.8 Å². The summed E-state index contributed by atoms with van der Waals surface area (Å²) in [6.07, 6.45) is 0. The van der Waals surface area contributed by atoms with Crippen LogP contribution in [0.5, 0.6) is 5.75 Å². The standard InChI is InChI=1S/C24H17Cl2N3O2/c25-16-8-6-15(7-9-16)23-20-21(18-12-17(26)10-11-19(18)30)27-28-22(20)24(31)29(23)13-14-4-2-1-3-5-14/h1-12,23,30H,13H2,(H,27,28). The van der Waals surface area contributed by atoms with Gasteiger partial charge in [0.05, 0.1) is 6.04 Å². The molecule has 5 rings (SSSR count). The molecule has 0 aliphatic carbocycles. The number of hydrogen-bond acceptors (Lipinski definition) is 3. The maximum absolute atomic E-state index is 13.4. The van der Waals surface area contributed by atoms with Gasteiger partial charge in [-0.2, -0.15) is 5.10 Å². The predicted molar refractivity (Wildman–Crippen MR) is 120 cm³/mol. The first-order valence-corrected chi connectivity index (χ1v) is 10.5. The van der Waals surface area contributed by atoms with E-state index in [0.29, 0.717) is 39.1 Å². The molecule has 1 amide bonds. The molecule has 31 heavy (non-hydrogen) atoms. The molecule has 0 fully saturated rings. The molecule has 1 aromatic heterocycles. The van der Waals surface area contributed by atoms with Crippen molar-refractivity contribution in [1.82, 2.24) is 15.1 Å². The molecule has 3 aromatic carbocycles. The Balaban J connectivity index is 1.68. The van der Waals surface area contributed by atoms with Gasteiger partial charge in [0.1, 0.15) is 17.1 Å². The van der Waals surface area contributed by atoms with E-state index in [1.54, 1.807) is 29.2 Å². The fourth-order valence-electron chi connectivity index (χ4n) is 4.03. The van der Waals surface area contributed by atoms with E-state index in [2.05, 4.69) is 10.2 Å². The van der Waals surface area contributed by atoms with Crippen LogP contribution in [0.25, 0.3) is 11.3 Å². The number of nitrogens with one attached hydrogen (secondary N) is 1. The highest BCUT2D eigenvalue weighted by atomic mass is 35.5. The maximum Gasteiger partial charge on any atom is 0.273 e. The largest absolute Gasteiger partial charge is 0.507 e. The Morgan fingerprint density at radius 3 is 2.42 bits per heavy atom. The highest BCUT2D eigenvalue weighted by Gasteiger charge is 2.42. The number of carbonyl (C=O) groups is 1. The number of fused-ring (bicyclic) bond motifs is 1. The van der Waals surface area contributed by atoms with Gasteiger partial charge in [0, 0.05) is 27.7 Å². The van der Waals surface area contributed by atoms with E-state index in [0.717, 1.165) is 11.1 Å². The summed E-state index contributed by atoms with van der Waals surface area (Å²) in [6.45, 7) is 0.427.